The fourth-order valence-electron chi connectivity index (χ4n) is 0.943. The van der Waals surface area contributed by atoms with Crippen molar-refractivity contribution in [3.63, 3.8) is 0 Å². The summed E-state index contributed by atoms with van der Waals surface area (Å²) >= 11 is 1.80. The molecular formula is C8H13IN8O3S. The van der Waals surface area contributed by atoms with Crippen molar-refractivity contribution in [3.8, 4) is 0 Å². The van der Waals surface area contributed by atoms with Gasteiger partial charge in [0.25, 0.3) is 5.91 Å². The third kappa shape index (κ3) is 4.64. The summed E-state index contributed by atoms with van der Waals surface area (Å²) in [6.45, 7) is 0. The smallest absolute Gasteiger partial charge is 0.316 e. The highest BCUT2D eigenvalue weighted by Crippen LogP contribution is 2.14. The number of aromatic nitrogens is 2. The number of nitrogens with one attached hydrogen (secondary N) is 2. The molecule has 21 heavy (non-hydrogen) atoms. The molecule has 0 aliphatic rings. The normalized spacial score (nSPS) is 11.8. The van der Waals surface area contributed by atoms with Crippen molar-refractivity contribution in [2.24, 2.45) is 5.10 Å². The minimum atomic E-state index is -3.72. The van der Waals surface area contributed by atoms with E-state index in [0.29, 0.717) is 3.70 Å². The SMILES string of the molecule is CN(C)S(=O)(=O)NN=CNC(=O)c1nc(I)c(N)nc1N. The topological polar surface area (TPSA) is 169 Å². The Hall–Kier alpha value is -1.74. The third-order valence-electron chi connectivity index (χ3n) is 2.03. The van der Waals surface area contributed by atoms with Gasteiger partial charge in [0.2, 0.25) is 0 Å². The van der Waals surface area contributed by atoms with Gasteiger partial charge in [0.15, 0.2) is 17.3 Å². The lowest BCUT2D eigenvalue weighted by Gasteiger charge is -2.09. The number of nitrogens with two attached hydrogens (primary N) is 2. The Morgan fingerprint density at radius 2 is 1.95 bits per heavy atom. The van der Waals surface area contributed by atoms with Crippen molar-refractivity contribution in [2.75, 3.05) is 25.6 Å². The van der Waals surface area contributed by atoms with E-state index in [2.05, 4.69) is 20.4 Å². The Balaban J connectivity index is 2.73. The Morgan fingerprint density at radius 1 is 1.33 bits per heavy atom. The van der Waals surface area contributed by atoms with Crippen LogP contribution in [0.15, 0.2) is 5.10 Å². The molecule has 11 nitrogen and oxygen atoms in total. The first-order valence-electron chi connectivity index (χ1n) is 5.25. The second-order valence-corrected chi connectivity index (χ2v) is 6.63. The minimum Gasteiger partial charge on any atom is -0.382 e. The van der Waals surface area contributed by atoms with Crippen LogP contribution in [0.2, 0.25) is 0 Å². The van der Waals surface area contributed by atoms with Gasteiger partial charge in [0.1, 0.15) is 10.0 Å². The summed E-state index contributed by atoms with van der Waals surface area (Å²) in [4.78, 5) is 21.3. The van der Waals surface area contributed by atoms with Crippen LogP contribution in [0.4, 0.5) is 11.6 Å². The zero-order valence-corrected chi connectivity index (χ0v) is 14.0. The maximum Gasteiger partial charge on any atom is 0.316 e. The van der Waals surface area contributed by atoms with E-state index >= 15 is 0 Å². The van der Waals surface area contributed by atoms with Crippen LogP contribution in [0.5, 0.6) is 0 Å². The average molecular weight is 428 g/mol. The third-order valence-corrected chi connectivity index (χ3v) is 4.12. The predicted molar refractivity (Wildman–Crippen MR) is 85.3 cm³/mol. The molecule has 13 heteroatoms. The summed E-state index contributed by atoms with van der Waals surface area (Å²) in [5, 5.41) is 5.54. The first-order valence-corrected chi connectivity index (χ1v) is 7.77. The molecule has 0 bridgehead atoms. The summed E-state index contributed by atoms with van der Waals surface area (Å²) in [6.07, 6.45) is 0.855. The molecule has 6 N–H and O–H groups in total. The molecule has 1 aromatic rings. The number of nitrogens with zero attached hydrogens (tertiary/aromatic N) is 4. The fourth-order valence-corrected chi connectivity index (χ4v) is 1.65. The first kappa shape index (κ1) is 17.3. The Labute approximate surface area is 134 Å². The minimum absolute atomic E-state index is 0.108. The van der Waals surface area contributed by atoms with Crippen molar-refractivity contribution in [1.29, 1.82) is 0 Å². The summed E-state index contributed by atoms with van der Waals surface area (Å²) in [6, 6.07) is 0. The van der Waals surface area contributed by atoms with Crippen molar-refractivity contribution >= 4 is 56.7 Å². The van der Waals surface area contributed by atoms with Crippen molar-refractivity contribution in [2.45, 2.75) is 0 Å². The quantitative estimate of drug-likeness (QED) is 0.188. The second-order valence-electron chi connectivity index (χ2n) is 3.74. The fraction of sp³-hybridized carbons (Fsp3) is 0.250. The largest absolute Gasteiger partial charge is 0.382 e. The molecular weight excluding hydrogens is 415 g/mol. The van der Waals surface area contributed by atoms with Crippen molar-refractivity contribution in [1.82, 2.24) is 24.4 Å². The molecule has 0 spiro atoms. The maximum absolute atomic E-state index is 11.8. The number of anilines is 2. The van der Waals surface area contributed by atoms with E-state index in [1.807, 2.05) is 4.83 Å². The van der Waals surface area contributed by atoms with E-state index in [-0.39, 0.29) is 17.3 Å². The van der Waals surface area contributed by atoms with Gasteiger partial charge in [-0.15, -0.1) is 0 Å². The predicted octanol–water partition coefficient (Wildman–Crippen LogP) is -1.69. The monoisotopic (exact) mass is 428 g/mol. The molecule has 0 saturated heterocycles. The first-order chi connectivity index (χ1) is 9.65. The standard InChI is InChI=1S/C8H13IN8O3S/c1-17(2)21(19,20)16-13-3-12-8(18)4-6(10)15-7(11)5(9)14-4/h3,16H,1-2H3,(H4,10,11,15)(H,12,13,18). The summed E-state index contributed by atoms with van der Waals surface area (Å²) in [5.74, 6) is -0.740. The zero-order valence-electron chi connectivity index (χ0n) is 11.0. The molecule has 1 heterocycles. The lowest BCUT2D eigenvalue weighted by atomic mass is 10.4. The molecule has 0 unspecified atom stereocenters. The van der Waals surface area contributed by atoms with E-state index in [1.54, 1.807) is 22.6 Å². The van der Waals surface area contributed by atoms with E-state index in [9.17, 15) is 13.2 Å². The molecule has 1 rings (SSSR count). The number of amides is 1. The molecule has 1 amide bonds. The van der Waals surface area contributed by atoms with Crippen molar-refractivity contribution in [3.05, 3.63) is 9.39 Å². The van der Waals surface area contributed by atoms with E-state index in [0.717, 1.165) is 10.6 Å². The molecule has 0 aliphatic heterocycles. The average Bonchev–Trinajstić information content (AvgIpc) is 2.38. The van der Waals surface area contributed by atoms with Gasteiger partial charge in [-0.1, -0.05) is 0 Å². The van der Waals surface area contributed by atoms with Gasteiger partial charge in [-0.2, -0.15) is 22.7 Å². The van der Waals surface area contributed by atoms with Gasteiger partial charge in [0, 0.05) is 14.1 Å². The highest BCUT2D eigenvalue weighted by Gasteiger charge is 2.15. The van der Waals surface area contributed by atoms with Gasteiger partial charge in [-0.25, -0.2) is 9.97 Å². The van der Waals surface area contributed by atoms with E-state index < -0.39 is 16.1 Å². The van der Waals surface area contributed by atoms with Gasteiger partial charge >= 0.3 is 10.2 Å². The van der Waals surface area contributed by atoms with Crippen LogP contribution < -0.4 is 21.6 Å². The number of hydrogen-bond donors (Lipinski definition) is 4. The van der Waals surface area contributed by atoms with Gasteiger partial charge in [0.05, 0.1) is 0 Å². The number of rotatable bonds is 5. The summed E-state index contributed by atoms with van der Waals surface area (Å²) < 4.78 is 23.9. The van der Waals surface area contributed by atoms with Crippen LogP contribution in [0.3, 0.4) is 0 Å². The van der Waals surface area contributed by atoms with E-state index in [4.69, 9.17) is 11.5 Å². The zero-order chi connectivity index (χ0) is 16.2. The highest BCUT2D eigenvalue weighted by molar-refractivity contribution is 14.1. The molecule has 0 fully saturated rings. The molecule has 0 atom stereocenters. The molecule has 116 valence electrons. The Morgan fingerprint density at radius 3 is 2.52 bits per heavy atom. The lowest BCUT2D eigenvalue weighted by Crippen LogP contribution is -2.33. The summed E-state index contributed by atoms with van der Waals surface area (Å²) in [5.41, 5.74) is 10.9. The van der Waals surface area contributed by atoms with Crippen LogP contribution in [0.25, 0.3) is 0 Å². The number of carbonyl (C=O) groups is 1. The van der Waals surface area contributed by atoms with Gasteiger partial charge in [-0.3, -0.25) is 4.79 Å². The molecule has 0 radical (unpaired) electrons. The lowest BCUT2D eigenvalue weighted by molar-refractivity contribution is 0.0974. The maximum atomic E-state index is 11.8. The van der Waals surface area contributed by atoms with Gasteiger partial charge < -0.3 is 16.8 Å². The van der Waals surface area contributed by atoms with Crippen molar-refractivity contribution < 1.29 is 13.2 Å². The number of carbonyl (C=O) groups excluding carboxylic acids is 1. The highest BCUT2D eigenvalue weighted by atomic mass is 127. The van der Waals surface area contributed by atoms with Crippen LogP contribution in [0, 0.1) is 3.70 Å². The van der Waals surface area contributed by atoms with Crippen LogP contribution >= 0.6 is 22.6 Å². The van der Waals surface area contributed by atoms with E-state index in [1.165, 1.54) is 14.1 Å². The Kier molecular flexibility index (Phi) is 5.62. The number of hydrazone groups is 1. The number of nitrogen functional groups attached to an aromatic ring is 2. The van der Waals surface area contributed by atoms with Crippen LogP contribution in [-0.4, -0.2) is 49.0 Å². The van der Waals surface area contributed by atoms with Crippen LogP contribution in [-0.2, 0) is 10.2 Å². The van der Waals surface area contributed by atoms with Crippen LogP contribution in [0.1, 0.15) is 10.5 Å². The molecule has 0 saturated carbocycles. The van der Waals surface area contributed by atoms with Gasteiger partial charge in [-0.05, 0) is 22.6 Å². The second kappa shape index (κ2) is 6.81. The number of halogens is 1. The Bertz CT molecular complexity index is 674. The molecule has 0 aliphatic carbocycles. The molecule has 0 aromatic carbocycles. The summed E-state index contributed by atoms with van der Waals surface area (Å²) in [7, 11) is -1.07. The number of hydrogen-bond acceptors (Lipinski definition) is 8. The molecule has 1 aromatic heterocycles.